The highest BCUT2D eigenvalue weighted by Crippen LogP contribution is 2.42. The molecule has 0 aliphatic heterocycles. The normalized spacial score (nSPS) is 10.7. The monoisotopic (exact) mass is 498 g/mol. The highest BCUT2D eigenvalue weighted by Gasteiger charge is 2.17. The maximum Gasteiger partial charge on any atom is 0.203 e. The highest BCUT2D eigenvalue weighted by molar-refractivity contribution is 9.10. The van der Waals surface area contributed by atoms with E-state index in [-0.39, 0.29) is 5.78 Å². The standard InChI is InChI=1S/C25H23BrO6/c1-28-18-10-11-20(21(27)12-7-16-5-8-17(26)9-6-16)22(13-18)32-19-14-23(29-2)25(31-4)24(15-19)30-3/h5-15H,1-4H3/b12-7+. The van der Waals surface area contributed by atoms with Crippen molar-refractivity contribution in [2.45, 2.75) is 0 Å². The Balaban J connectivity index is 1.96. The van der Waals surface area contributed by atoms with Crippen molar-refractivity contribution in [3.8, 4) is 34.5 Å². The van der Waals surface area contributed by atoms with Crippen molar-refractivity contribution < 1.29 is 28.5 Å². The van der Waals surface area contributed by atoms with Crippen LogP contribution in [0.3, 0.4) is 0 Å². The Kier molecular flexibility index (Phi) is 7.78. The molecule has 0 saturated heterocycles. The SMILES string of the molecule is COc1ccc(C(=O)/C=C/c2ccc(Br)cc2)c(Oc2cc(OC)c(OC)c(OC)c2)c1. The summed E-state index contributed by atoms with van der Waals surface area (Å²) in [5, 5.41) is 0. The first-order valence-electron chi connectivity index (χ1n) is 9.63. The lowest BCUT2D eigenvalue weighted by Crippen LogP contribution is -2.01. The van der Waals surface area contributed by atoms with Gasteiger partial charge in [0.15, 0.2) is 17.3 Å². The number of hydrogen-bond donors (Lipinski definition) is 0. The van der Waals surface area contributed by atoms with E-state index in [9.17, 15) is 4.79 Å². The minimum absolute atomic E-state index is 0.210. The van der Waals surface area contributed by atoms with Crippen LogP contribution in [0.1, 0.15) is 15.9 Å². The number of allylic oxidation sites excluding steroid dienone is 1. The Hall–Kier alpha value is -3.45. The van der Waals surface area contributed by atoms with Crippen molar-refractivity contribution in [3.05, 3.63) is 76.3 Å². The molecule has 0 heterocycles. The van der Waals surface area contributed by atoms with Crippen LogP contribution in [0.5, 0.6) is 34.5 Å². The van der Waals surface area contributed by atoms with Crippen LogP contribution in [0.25, 0.3) is 6.08 Å². The van der Waals surface area contributed by atoms with Gasteiger partial charge < -0.3 is 23.7 Å². The van der Waals surface area contributed by atoms with Crippen LogP contribution < -0.4 is 23.7 Å². The number of benzene rings is 3. The molecule has 0 spiro atoms. The smallest absolute Gasteiger partial charge is 0.203 e. The maximum absolute atomic E-state index is 13.0. The lowest BCUT2D eigenvalue weighted by Gasteiger charge is -2.16. The molecule has 6 nitrogen and oxygen atoms in total. The molecular weight excluding hydrogens is 476 g/mol. The molecule has 0 aliphatic carbocycles. The minimum atomic E-state index is -0.210. The van der Waals surface area contributed by atoms with Crippen molar-refractivity contribution in [2.75, 3.05) is 28.4 Å². The number of hydrogen-bond acceptors (Lipinski definition) is 6. The Morgan fingerprint density at radius 1 is 0.750 bits per heavy atom. The molecular formula is C25H23BrO6. The van der Waals surface area contributed by atoms with E-state index in [1.54, 1.807) is 43.5 Å². The van der Waals surface area contributed by atoms with E-state index < -0.39 is 0 Å². The second-order valence-electron chi connectivity index (χ2n) is 6.57. The second-order valence-corrected chi connectivity index (χ2v) is 7.49. The van der Waals surface area contributed by atoms with Gasteiger partial charge in [-0.2, -0.15) is 0 Å². The van der Waals surface area contributed by atoms with E-state index in [1.807, 2.05) is 24.3 Å². The summed E-state index contributed by atoms with van der Waals surface area (Å²) in [6.07, 6.45) is 3.26. The van der Waals surface area contributed by atoms with Crippen molar-refractivity contribution in [1.29, 1.82) is 0 Å². The summed E-state index contributed by atoms with van der Waals surface area (Å²) in [4.78, 5) is 13.0. The number of rotatable bonds is 9. The minimum Gasteiger partial charge on any atom is -0.497 e. The molecule has 0 bridgehead atoms. The lowest BCUT2D eigenvalue weighted by atomic mass is 10.1. The van der Waals surface area contributed by atoms with Gasteiger partial charge >= 0.3 is 0 Å². The molecule has 0 saturated carbocycles. The van der Waals surface area contributed by atoms with Crippen molar-refractivity contribution in [3.63, 3.8) is 0 Å². The molecule has 0 aliphatic rings. The molecule has 0 N–H and O–H groups in total. The fourth-order valence-corrected chi connectivity index (χ4v) is 3.26. The van der Waals surface area contributed by atoms with E-state index in [4.69, 9.17) is 23.7 Å². The van der Waals surface area contributed by atoms with Crippen molar-refractivity contribution in [1.82, 2.24) is 0 Å². The molecule has 166 valence electrons. The summed E-state index contributed by atoms with van der Waals surface area (Å²) in [5.74, 6) is 2.42. The van der Waals surface area contributed by atoms with Gasteiger partial charge in [0.05, 0.1) is 34.0 Å². The molecule has 7 heteroatoms. The predicted octanol–water partition coefficient (Wildman–Crippen LogP) is 6.17. The zero-order chi connectivity index (χ0) is 23.1. The molecule has 0 amide bonds. The van der Waals surface area contributed by atoms with Crippen LogP contribution in [0.4, 0.5) is 0 Å². The third-order valence-corrected chi connectivity index (χ3v) is 5.15. The Labute approximate surface area is 195 Å². The van der Waals surface area contributed by atoms with Gasteiger partial charge in [0.25, 0.3) is 0 Å². The zero-order valence-electron chi connectivity index (χ0n) is 18.2. The van der Waals surface area contributed by atoms with Crippen molar-refractivity contribution >= 4 is 27.8 Å². The molecule has 0 unspecified atom stereocenters. The van der Waals surface area contributed by atoms with Gasteiger partial charge in [-0.15, -0.1) is 0 Å². The first-order valence-corrected chi connectivity index (χ1v) is 10.4. The number of halogens is 1. The van der Waals surface area contributed by atoms with Crippen LogP contribution >= 0.6 is 15.9 Å². The van der Waals surface area contributed by atoms with Crippen LogP contribution in [0.2, 0.25) is 0 Å². The third kappa shape index (κ3) is 5.42. The van der Waals surface area contributed by atoms with E-state index in [0.29, 0.717) is 40.1 Å². The predicted molar refractivity (Wildman–Crippen MR) is 127 cm³/mol. The van der Waals surface area contributed by atoms with E-state index in [1.165, 1.54) is 27.4 Å². The van der Waals surface area contributed by atoms with Crippen molar-refractivity contribution in [2.24, 2.45) is 0 Å². The van der Waals surface area contributed by atoms with Crippen LogP contribution in [-0.4, -0.2) is 34.2 Å². The van der Waals surface area contributed by atoms with Crippen LogP contribution in [-0.2, 0) is 0 Å². The molecule has 0 aromatic heterocycles. The second kappa shape index (κ2) is 10.7. The highest BCUT2D eigenvalue weighted by atomic mass is 79.9. The van der Waals surface area contributed by atoms with Gasteiger partial charge in [-0.3, -0.25) is 4.79 Å². The van der Waals surface area contributed by atoms with Crippen LogP contribution in [0.15, 0.2) is 65.1 Å². The fraction of sp³-hybridized carbons (Fsp3) is 0.160. The molecule has 3 rings (SSSR count). The maximum atomic E-state index is 13.0. The van der Waals surface area contributed by atoms with E-state index in [2.05, 4.69) is 15.9 Å². The van der Waals surface area contributed by atoms with Gasteiger partial charge in [-0.05, 0) is 35.9 Å². The van der Waals surface area contributed by atoms with Crippen LogP contribution in [0, 0.1) is 0 Å². The Bertz CT molecular complexity index is 1100. The summed E-state index contributed by atoms with van der Waals surface area (Å²) in [6.45, 7) is 0. The number of carbonyl (C=O) groups is 1. The molecule has 0 atom stereocenters. The first kappa shape index (κ1) is 23.2. The van der Waals surface area contributed by atoms with E-state index >= 15 is 0 Å². The quantitative estimate of drug-likeness (QED) is 0.259. The zero-order valence-corrected chi connectivity index (χ0v) is 19.8. The molecule has 0 radical (unpaired) electrons. The summed E-state index contributed by atoms with van der Waals surface area (Å²) in [5.41, 5.74) is 1.29. The summed E-state index contributed by atoms with van der Waals surface area (Å²) >= 11 is 3.40. The number of carbonyl (C=O) groups excluding carboxylic acids is 1. The molecule has 3 aromatic carbocycles. The molecule has 0 fully saturated rings. The number of methoxy groups -OCH3 is 4. The van der Waals surface area contributed by atoms with Gasteiger partial charge in [-0.25, -0.2) is 0 Å². The largest absolute Gasteiger partial charge is 0.497 e. The molecule has 32 heavy (non-hydrogen) atoms. The Morgan fingerprint density at radius 3 is 1.94 bits per heavy atom. The van der Waals surface area contributed by atoms with E-state index in [0.717, 1.165) is 10.0 Å². The number of ether oxygens (including phenoxy) is 5. The average Bonchev–Trinajstić information content (AvgIpc) is 2.82. The number of ketones is 1. The van der Waals surface area contributed by atoms with Gasteiger partial charge in [-0.1, -0.05) is 34.1 Å². The molecule has 3 aromatic rings. The summed E-state index contributed by atoms with van der Waals surface area (Å²) in [6, 6.07) is 16.0. The Morgan fingerprint density at radius 2 is 1.38 bits per heavy atom. The third-order valence-electron chi connectivity index (χ3n) is 4.62. The average molecular weight is 499 g/mol. The lowest BCUT2D eigenvalue weighted by molar-refractivity contribution is 0.104. The summed E-state index contributed by atoms with van der Waals surface area (Å²) in [7, 11) is 6.12. The van der Waals surface area contributed by atoms with Gasteiger partial charge in [0, 0.05) is 22.7 Å². The van der Waals surface area contributed by atoms with Gasteiger partial charge in [0.1, 0.15) is 17.2 Å². The topological polar surface area (TPSA) is 63.2 Å². The fourth-order valence-electron chi connectivity index (χ4n) is 3.00. The first-order chi connectivity index (χ1) is 15.5. The summed E-state index contributed by atoms with van der Waals surface area (Å²) < 4.78 is 28.5. The van der Waals surface area contributed by atoms with Gasteiger partial charge in [0.2, 0.25) is 5.75 Å².